The number of rotatable bonds is 16. The molecule has 5 atom stereocenters. The number of esters is 5. The van der Waals surface area contributed by atoms with Gasteiger partial charge >= 0.3 is 29.8 Å². The lowest BCUT2D eigenvalue weighted by Gasteiger charge is -2.44. The Bertz CT molecular complexity index is 751. The van der Waals surface area contributed by atoms with E-state index >= 15 is 0 Å². The number of hydrogen-bond donors (Lipinski definition) is 0. The SMILES string of the molecule is CCCC(=O)OC[C@H]1O[C@H](OC(=O)CCC)[C@H](OC(=O)CCC)[C@@H](OC(=O)CCC)[C@H]1OC(=O)CCC. The summed E-state index contributed by atoms with van der Waals surface area (Å²) >= 11 is 0. The monoisotopic (exact) mass is 530 g/mol. The van der Waals surface area contributed by atoms with E-state index in [0.717, 1.165) is 0 Å². The zero-order chi connectivity index (χ0) is 27.8. The van der Waals surface area contributed by atoms with Crippen molar-refractivity contribution >= 4 is 29.8 Å². The number of carbonyl (C=O) groups excluding carboxylic acids is 5. The molecule has 212 valence electrons. The highest BCUT2D eigenvalue weighted by Crippen LogP contribution is 2.31. The predicted octanol–water partition coefficient (Wildman–Crippen LogP) is 3.53. The molecule has 0 spiro atoms. The minimum absolute atomic E-state index is 0.0546. The second-order valence-corrected chi connectivity index (χ2v) is 8.83. The highest BCUT2D eigenvalue weighted by Gasteiger charge is 2.54. The van der Waals surface area contributed by atoms with Gasteiger partial charge in [-0.3, -0.25) is 24.0 Å². The van der Waals surface area contributed by atoms with E-state index in [1.807, 2.05) is 6.92 Å². The van der Waals surface area contributed by atoms with Gasteiger partial charge in [0.05, 0.1) is 0 Å². The highest BCUT2D eigenvalue weighted by molar-refractivity contribution is 5.72. The van der Waals surface area contributed by atoms with Gasteiger partial charge in [0.2, 0.25) is 12.4 Å². The zero-order valence-corrected chi connectivity index (χ0v) is 22.7. The fourth-order valence-electron chi connectivity index (χ4n) is 3.60. The normalized spacial score (nSPS) is 23.0. The maximum absolute atomic E-state index is 12.6. The summed E-state index contributed by atoms with van der Waals surface area (Å²) in [6, 6.07) is 0. The lowest BCUT2D eigenvalue weighted by atomic mass is 9.97. The minimum Gasteiger partial charge on any atom is -0.463 e. The first-order valence-electron chi connectivity index (χ1n) is 13.3. The van der Waals surface area contributed by atoms with Crippen LogP contribution >= 0.6 is 0 Å². The van der Waals surface area contributed by atoms with Crippen molar-refractivity contribution in [3.8, 4) is 0 Å². The van der Waals surface area contributed by atoms with Crippen molar-refractivity contribution in [2.45, 2.75) is 130 Å². The van der Waals surface area contributed by atoms with Crippen LogP contribution in [0.1, 0.15) is 98.8 Å². The third-order valence-corrected chi connectivity index (χ3v) is 5.32. The molecule has 1 rings (SSSR count). The molecule has 0 aliphatic carbocycles. The first kappa shape index (κ1) is 32.3. The number of ether oxygens (including phenoxy) is 6. The van der Waals surface area contributed by atoms with Gasteiger partial charge in [-0.05, 0) is 32.1 Å². The average Bonchev–Trinajstić information content (AvgIpc) is 2.82. The van der Waals surface area contributed by atoms with E-state index in [0.29, 0.717) is 32.1 Å². The predicted molar refractivity (Wildman–Crippen MR) is 130 cm³/mol. The molecule has 11 nitrogen and oxygen atoms in total. The quantitative estimate of drug-likeness (QED) is 0.214. The summed E-state index contributed by atoms with van der Waals surface area (Å²) in [4.78, 5) is 62.0. The van der Waals surface area contributed by atoms with Crippen molar-refractivity contribution in [2.75, 3.05) is 6.61 Å². The molecule has 0 aromatic rings. The molecule has 0 amide bonds. The molecule has 1 heterocycles. The Balaban J connectivity index is 3.45. The van der Waals surface area contributed by atoms with E-state index in [1.165, 1.54) is 0 Å². The van der Waals surface area contributed by atoms with E-state index in [4.69, 9.17) is 28.4 Å². The van der Waals surface area contributed by atoms with Crippen molar-refractivity contribution in [3.63, 3.8) is 0 Å². The summed E-state index contributed by atoms with van der Waals surface area (Å²) in [5.41, 5.74) is 0. The second kappa shape index (κ2) is 17.7. The minimum atomic E-state index is -1.48. The summed E-state index contributed by atoms with van der Waals surface area (Å²) in [5, 5.41) is 0. The molecule has 1 aliphatic heterocycles. The van der Waals surface area contributed by atoms with E-state index in [9.17, 15) is 24.0 Å². The fraction of sp³-hybridized carbons (Fsp3) is 0.808. The molecule has 0 radical (unpaired) electrons. The molecule has 0 saturated carbocycles. The van der Waals surface area contributed by atoms with Crippen molar-refractivity contribution in [3.05, 3.63) is 0 Å². The summed E-state index contributed by atoms with van der Waals surface area (Å²) in [7, 11) is 0. The molecule has 0 aromatic carbocycles. The largest absolute Gasteiger partial charge is 0.463 e. The van der Waals surface area contributed by atoms with Gasteiger partial charge < -0.3 is 28.4 Å². The van der Waals surface area contributed by atoms with Crippen LogP contribution in [0.25, 0.3) is 0 Å². The Morgan fingerprint density at radius 3 is 1.35 bits per heavy atom. The fourth-order valence-corrected chi connectivity index (χ4v) is 3.60. The molecule has 1 saturated heterocycles. The Kier molecular flexibility index (Phi) is 15.5. The van der Waals surface area contributed by atoms with Crippen LogP contribution in [0.5, 0.6) is 0 Å². The number of carbonyl (C=O) groups is 5. The van der Waals surface area contributed by atoms with Crippen LogP contribution in [-0.2, 0) is 52.4 Å². The molecular weight excluding hydrogens is 488 g/mol. The zero-order valence-electron chi connectivity index (χ0n) is 22.7. The van der Waals surface area contributed by atoms with Crippen molar-refractivity contribution in [2.24, 2.45) is 0 Å². The molecule has 0 aromatic heterocycles. The molecular formula is C26H42O11. The third kappa shape index (κ3) is 11.5. The van der Waals surface area contributed by atoms with Gasteiger partial charge in [0.15, 0.2) is 12.2 Å². The highest BCUT2D eigenvalue weighted by atomic mass is 16.7. The van der Waals surface area contributed by atoms with Crippen LogP contribution in [0, 0.1) is 0 Å². The molecule has 11 heteroatoms. The Morgan fingerprint density at radius 2 is 0.892 bits per heavy atom. The molecule has 1 fully saturated rings. The summed E-state index contributed by atoms with van der Waals surface area (Å²) < 4.78 is 33.6. The van der Waals surface area contributed by atoms with E-state index in [-0.39, 0.29) is 38.7 Å². The maximum atomic E-state index is 12.6. The third-order valence-electron chi connectivity index (χ3n) is 5.32. The summed E-state index contributed by atoms with van der Waals surface area (Å²) in [5.74, 6) is -2.97. The van der Waals surface area contributed by atoms with Gasteiger partial charge in [-0.2, -0.15) is 0 Å². The smallest absolute Gasteiger partial charge is 0.308 e. The maximum Gasteiger partial charge on any atom is 0.308 e. The first-order valence-corrected chi connectivity index (χ1v) is 13.3. The molecule has 0 bridgehead atoms. The lowest BCUT2D eigenvalue weighted by molar-refractivity contribution is -0.301. The van der Waals surface area contributed by atoms with Gasteiger partial charge in [-0.1, -0.05) is 34.6 Å². The average molecular weight is 531 g/mol. The van der Waals surface area contributed by atoms with Gasteiger partial charge in [0.1, 0.15) is 12.7 Å². The van der Waals surface area contributed by atoms with Crippen LogP contribution in [0.4, 0.5) is 0 Å². The molecule has 0 N–H and O–H groups in total. The Hall–Kier alpha value is -2.69. The summed E-state index contributed by atoms with van der Waals surface area (Å²) in [6.07, 6.45) is -3.74. The lowest BCUT2D eigenvalue weighted by Crippen LogP contribution is -2.63. The molecule has 1 aliphatic rings. The van der Waals surface area contributed by atoms with Crippen molar-refractivity contribution in [1.82, 2.24) is 0 Å². The van der Waals surface area contributed by atoms with Crippen molar-refractivity contribution in [1.29, 1.82) is 0 Å². The van der Waals surface area contributed by atoms with Gasteiger partial charge in [-0.25, -0.2) is 0 Å². The van der Waals surface area contributed by atoms with Gasteiger partial charge in [0.25, 0.3) is 0 Å². The van der Waals surface area contributed by atoms with E-state index in [1.54, 1.807) is 27.7 Å². The van der Waals surface area contributed by atoms with Crippen molar-refractivity contribution < 1.29 is 52.4 Å². The van der Waals surface area contributed by atoms with Crippen LogP contribution in [0.2, 0.25) is 0 Å². The van der Waals surface area contributed by atoms with Crippen LogP contribution in [0.3, 0.4) is 0 Å². The molecule has 0 unspecified atom stereocenters. The van der Waals surface area contributed by atoms with Gasteiger partial charge in [0, 0.05) is 32.1 Å². The Morgan fingerprint density at radius 1 is 0.514 bits per heavy atom. The summed E-state index contributed by atoms with van der Waals surface area (Å²) in [6.45, 7) is 8.61. The van der Waals surface area contributed by atoms with Crippen LogP contribution in [0.15, 0.2) is 0 Å². The molecule has 37 heavy (non-hydrogen) atoms. The van der Waals surface area contributed by atoms with Gasteiger partial charge in [-0.15, -0.1) is 0 Å². The second-order valence-electron chi connectivity index (χ2n) is 8.83. The van der Waals surface area contributed by atoms with E-state index in [2.05, 4.69) is 0 Å². The van der Waals surface area contributed by atoms with E-state index < -0.39 is 60.6 Å². The van der Waals surface area contributed by atoms with Crippen LogP contribution in [-0.4, -0.2) is 67.2 Å². The topological polar surface area (TPSA) is 141 Å². The Labute approximate surface area is 218 Å². The standard InChI is InChI=1S/C26H42O11/c1-6-11-18(27)32-16-17-23(34-19(28)12-7-2)24(35-20(29)13-8-3)25(36-21(30)14-9-4)26(33-17)37-22(31)15-10-5/h17,23-26H,6-16H2,1-5H3/t17-,23+,24+,25-,26-/m1/s1. The first-order chi connectivity index (χ1) is 17.7. The van der Waals surface area contributed by atoms with Crippen LogP contribution < -0.4 is 0 Å². The number of hydrogen-bond acceptors (Lipinski definition) is 11.